The molecule has 132 valence electrons. The summed E-state index contributed by atoms with van der Waals surface area (Å²) in [6, 6.07) is 3.42. The third kappa shape index (κ3) is 3.13. The molecule has 0 aliphatic carbocycles. The molecule has 1 heterocycles. The number of hydrogen-bond donors (Lipinski definition) is 1. The fraction of sp³-hybridized carbons (Fsp3) is 0.385. The van der Waals surface area contributed by atoms with E-state index in [4.69, 9.17) is 23.2 Å². The number of sulfone groups is 1. The van der Waals surface area contributed by atoms with Gasteiger partial charge in [0.1, 0.15) is 12.7 Å². The number of benzene rings is 1. The van der Waals surface area contributed by atoms with Gasteiger partial charge in [-0.05, 0) is 12.1 Å². The van der Waals surface area contributed by atoms with Gasteiger partial charge in [-0.1, -0.05) is 36.2 Å². The van der Waals surface area contributed by atoms with Gasteiger partial charge in [0.05, 0.1) is 12.3 Å². The van der Waals surface area contributed by atoms with Gasteiger partial charge in [0.2, 0.25) is 9.84 Å². The van der Waals surface area contributed by atoms with Crippen molar-refractivity contribution < 1.29 is 22.3 Å². The van der Waals surface area contributed by atoms with Gasteiger partial charge in [-0.2, -0.15) is 13.9 Å². The van der Waals surface area contributed by atoms with Gasteiger partial charge < -0.3 is 5.11 Å². The molecule has 0 radical (unpaired) electrons. The number of aliphatic hydroxyl groups is 1. The Bertz CT molecular complexity index is 831. The molecular formula is C13H13Cl2F2N3O3S. The molecule has 0 saturated heterocycles. The maximum absolute atomic E-state index is 14.8. The Morgan fingerprint density at radius 1 is 1.33 bits per heavy atom. The summed E-state index contributed by atoms with van der Waals surface area (Å²) >= 11 is 11.7. The first kappa shape index (κ1) is 19.0. The van der Waals surface area contributed by atoms with Crippen molar-refractivity contribution in [1.82, 2.24) is 14.8 Å². The Labute approximate surface area is 146 Å². The van der Waals surface area contributed by atoms with Gasteiger partial charge in [0, 0.05) is 15.6 Å². The van der Waals surface area contributed by atoms with Crippen LogP contribution in [0.2, 0.25) is 10.0 Å². The summed E-state index contributed by atoms with van der Waals surface area (Å²) < 4.78 is 54.4. The Morgan fingerprint density at radius 2 is 2.00 bits per heavy atom. The van der Waals surface area contributed by atoms with Crippen LogP contribution in [0.1, 0.15) is 12.5 Å². The summed E-state index contributed by atoms with van der Waals surface area (Å²) in [6.07, 6.45) is 2.14. The van der Waals surface area contributed by atoms with Crippen molar-refractivity contribution in [1.29, 1.82) is 0 Å². The Balaban J connectivity index is 2.70. The molecule has 0 saturated carbocycles. The lowest BCUT2D eigenvalue weighted by Gasteiger charge is -2.35. The zero-order valence-electron chi connectivity index (χ0n) is 12.3. The lowest BCUT2D eigenvalue weighted by molar-refractivity contribution is -0.143. The Hall–Kier alpha value is -1.29. The topological polar surface area (TPSA) is 85.1 Å². The van der Waals surface area contributed by atoms with Crippen molar-refractivity contribution >= 4 is 33.0 Å². The van der Waals surface area contributed by atoms with Crippen LogP contribution in [0.15, 0.2) is 30.9 Å². The minimum Gasteiger partial charge on any atom is -0.376 e. The second-order valence-corrected chi connectivity index (χ2v) is 8.16. The molecule has 1 unspecified atom stereocenters. The molecule has 0 aliphatic heterocycles. The maximum atomic E-state index is 14.8. The summed E-state index contributed by atoms with van der Waals surface area (Å²) in [5, 5.41) is 9.74. The molecular weight excluding hydrogens is 387 g/mol. The predicted octanol–water partition coefficient (Wildman–Crippen LogP) is 2.50. The predicted molar refractivity (Wildman–Crippen MR) is 84.8 cm³/mol. The van der Waals surface area contributed by atoms with Crippen molar-refractivity contribution in [3.63, 3.8) is 0 Å². The van der Waals surface area contributed by atoms with Crippen LogP contribution in [-0.2, 0) is 22.0 Å². The van der Waals surface area contributed by atoms with Crippen LogP contribution in [0.5, 0.6) is 0 Å². The van der Waals surface area contributed by atoms with Gasteiger partial charge in [-0.25, -0.2) is 18.1 Å². The first-order valence-electron chi connectivity index (χ1n) is 6.65. The van der Waals surface area contributed by atoms with E-state index in [0.29, 0.717) is 0 Å². The second kappa shape index (κ2) is 6.55. The fourth-order valence-corrected chi connectivity index (χ4v) is 3.76. The molecule has 0 bridgehead atoms. The molecule has 2 rings (SSSR count). The summed E-state index contributed by atoms with van der Waals surface area (Å²) in [7, 11) is -4.97. The van der Waals surface area contributed by atoms with Gasteiger partial charge in [0.15, 0.2) is 5.60 Å². The van der Waals surface area contributed by atoms with Gasteiger partial charge in [0.25, 0.3) is 0 Å². The van der Waals surface area contributed by atoms with Crippen LogP contribution >= 0.6 is 23.2 Å². The smallest absolute Gasteiger partial charge is 0.376 e. The van der Waals surface area contributed by atoms with E-state index in [-0.39, 0.29) is 10.0 Å². The van der Waals surface area contributed by atoms with Crippen molar-refractivity contribution in [2.75, 3.05) is 5.75 Å². The molecule has 24 heavy (non-hydrogen) atoms. The van der Waals surface area contributed by atoms with E-state index in [1.54, 1.807) is 0 Å². The van der Waals surface area contributed by atoms with E-state index in [1.807, 2.05) is 0 Å². The molecule has 2 aromatic rings. The molecule has 11 heteroatoms. The third-order valence-electron chi connectivity index (χ3n) is 3.49. The SMILES string of the molecule is CCS(=O)(=O)C(F)(F)C(O)(Cn1cncn1)c1ccc(Cl)cc1Cl. The number of halogens is 4. The second-order valence-electron chi connectivity index (χ2n) is 5.00. The van der Waals surface area contributed by atoms with Crippen molar-refractivity contribution in [3.05, 3.63) is 46.5 Å². The molecule has 1 aromatic heterocycles. The van der Waals surface area contributed by atoms with Crippen LogP contribution in [-0.4, -0.2) is 39.3 Å². The minimum atomic E-state index is -4.97. The van der Waals surface area contributed by atoms with E-state index in [9.17, 15) is 22.3 Å². The lowest BCUT2D eigenvalue weighted by Crippen LogP contribution is -2.54. The molecule has 0 amide bonds. The number of rotatable bonds is 6. The molecule has 6 nitrogen and oxygen atoms in total. The number of hydrogen-bond acceptors (Lipinski definition) is 5. The average Bonchev–Trinajstić information content (AvgIpc) is 2.99. The quantitative estimate of drug-likeness (QED) is 0.806. The third-order valence-corrected chi connectivity index (χ3v) is 5.91. The Morgan fingerprint density at radius 3 is 2.50 bits per heavy atom. The van der Waals surface area contributed by atoms with Crippen LogP contribution in [0.3, 0.4) is 0 Å². The molecule has 1 N–H and O–H groups in total. The van der Waals surface area contributed by atoms with E-state index in [1.165, 1.54) is 6.07 Å². The van der Waals surface area contributed by atoms with Crippen LogP contribution < -0.4 is 0 Å². The van der Waals surface area contributed by atoms with E-state index in [0.717, 1.165) is 36.4 Å². The largest absolute Gasteiger partial charge is 0.379 e. The summed E-state index contributed by atoms with van der Waals surface area (Å²) in [6.45, 7) is 0.184. The van der Waals surface area contributed by atoms with E-state index >= 15 is 0 Å². The highest BCUT2D eigenvalue weighted by Crippen LogP contribution is 2.45. The van der Waals surface area contributed by atoms with Crippen molar-refractivity contribution in [2.24, 2.45) is 0 Å². The molecule has 0 spiro atoms. The number of alkyl halides is 2. The van der Waals surface area contributed by atoms with Crippen molar-refractivity contribution in [3.8, 4) is 0 Å². The monoisotopic (exact) mass is 399 g/mol. The highest BCUT2D eigenvalue weighted by atomic mass is 35.5. The molecule has 1 aromatic carbocycles. The molecule has 0 fully saturated rings. The summed E-state index contributed by atoms with van der Waals surface area (Å²) in [5.74, 6) is -0.870. The normalized spacial score (nSPS) is 15.2. The van der Waals surface area contributed by atoms with Crippen LogP contribution in [0, 0.1) is 0 Å². The fourth-order valence-electron chi connectivity index (χ4n) is 2.15. The van der Waals surface area contributed by atoms with Gasteiger partial charge in [-0.15, -0.1) is 0 Å². The highest BCUT2D eigenvalue weighted by Gasteiger charge is 2.63. The highest BCUT2D eigenvalue weighted by molar-refractivity contribution is 7.92. The van der Waals surface area contributed by atoms with Crippen LogP contribution in [0.25, 0.3) is 0 Å². The first-order chi connectivity index (χ1) is 11.0. The van der Waals surface area contributed by atoms with Gasteiger partial charge in [-0.3, -0.25) is 0 Å². The van der Waals surface area contributed by atoms with E-state index in [2.05, 4.69) is 10.1 Å². The first-order valence-corrected chi connectivity index (χ1v) is 9.06. The summed E-state index contributed by atoms with van der Waals surface area (Å²) in [4.78, 5) is 3.59. The minimum absolute atomic E-state index is 0.147. The molecule has 0 aliphatic rings. The lowest BCUT2D eigenvalue weighted by atomic mass is 9.93. The van der Waals surface area contributed by atoms with Crippen molar-refractivity contribution in [2.45, 2.75) is 24.3 Å². The van der Waals surface area contributed by atoms with Crippen LogP contribution in [0.4, 0.5) is 8.78 Å². The zero-order chi connectivity index (χ0) is 18.2. The number of aromatic nitrogens is 3. The van der Waals surface area contributed by atoms with Gasteiger partial charge >= 0.3 is 5.25 Å². The maximum Gasteiger partial charge on any atom is 0.379 e. The standard InChI is InChI=1S/C13H13Cl2F2N3O3S/c1-2-24(22,23)13(16,17)12(21,6-20-8-18-7-19-20)10-4-3-9(14)5-11(10)15/h3-5,7-8,21H,2,6H2,1H3. The summed E-state index contributed by atoms with van der Waals surface area (Å²) in [5.41, 5.74) is -3.65. The molecule has 1 atom stereocenters. The zero-order valence-corrected chi connectivity index (χ0v) is 14.7. The Kier molecular flexibility index (Phi) is 5.19. The van der Waals surface area contributed by atoms with E-state index < -0.39 is 38.6 Å². The average molecular weight is 400 g/mol. The number of nitrogens with zero attached hydrogens (tertiary/aromatic N) is 3.